The van der Waals surface area contributed by atoms with Crippen LogP contribution in [0.2, 0.25) is 0 Å². The molecule has 0 unspecified atom stereocenters. The molecule has 0 saturated heterocycles. The highest BCUT2D eigenvalue weighted by Gasteiger charge is 1.92. The van der Waals surface area contributed by atoms with Crippen molar-refractivity contribution >= 4 is 5.78 Å². The molecule has 1 rings (SSSR count). The highest BCUT2D eigenvalue weighted by molar-refractivity contribution is 5.93. The van der Waals surface area contributed by atoms with E-state index in [2.05, 4.69) is 0 Å². The lowest BCUT2D eigenvalue weighted by molar-refractivity contribution is 0.101. The molecule has 1 aromatic carbocycles. The Hall–Kier alpha value is -1.11. The van der Waals surface area contributed by atoms with Crippen molar-refractivity contribution in [1.82, 2.24) is 0 Å². The minimum absolute atomic E-state index is 0.121. The van der Waals surface area contributed by atoms with Crippen molar-refractivity contribution in [2.24, 2.45) is 0 Å². The highest BCUT2D eigenvalue weighted by Crippen LogP contribution is 1.97. The van der Waals surface area contributed by atoms with Crippen molar-refractivity contribution in [3.8, 4) is 0 Å². The van der Waals surface area contributed by atoms with E-state index < -0.39 is 0 Å². The normalized spacial score (nSPS) is 9.00. The average molecular weight is 122 g/mol. The van der Waals surface area contributed by atoms with Gasteiger partial charge in [0, 0.05) is 5.56 Å². The Kier molecular flexibility index (Phi) is 1.63. The molecule has 1 nitrogen and oxygen atoms in total. The zero-order valence-electron chi connectivity index (χ0n) is 5.29. The first-order valence-corrected chi connectivity index (χ1v) is 2.86. The van der Waals surface area contributed by atoms with Gasteiger partial charge in [-0.3, -0.25) is 4.79 Å². The number of Topliss-reactive ketones (excluding diaryl/α,β-unsaturated/α-hetero) is 1. The predicted octanol–water partition coefficient (Wildman–Crippen LogP) is 1.89. The Morgan fingerprint density at radius 3 is 2.11 bits per heavy atom. The first-order chi connectivity index (χ1) is 4.30. The second-order valence-electron chi connectivity index (χ2n) is 1.92. The van der Waals surface area contributed by atoms with Gasteiger partial charge in [-0.1, -0.05) is 30.3 Å². The number of hydrogen-bond donors (Lipinski definition) is 0. The molecule has 0 amide bonds. The van der Waals surface area contributed by atoms with Crippen LogP contribution in [0.15, 0.2) is 30.3 Å². The quantitative estimate of drug-likeness (QED) is 0.520. The van der Waals surface area contributed by atoms with E-state index in [4.69, 9.17) is 0 Å². The van der Waals surface area contributed by atoms with Gasteiger partial charge in [-0.2, -0.15) is 0 Å². The molecule has 0 aliphatic heterocycles. The fourth-order valence-corrected chi connectivity index (χ4v) is 0.673. The second-order valence-corrected chi connectivity index (χ2v) is 1.92. The Balaban J connectivity index is 2.98. The van der Waals surface area contributed by atoms with E-state index >= 15 is 0 Å². The van der Waals surface area contributed by atoms with Crippen LogP contribution >= 0.6 is 0 Å². The van der Waals surface area contributed by atoms with Gasteiger partial charge in [-0.25, -0.2) is 0 Å². The molecule has 0 fully saturated rings. The van der Waals surface area contributed by atoms with Crippen molar-refractivity contribution in [3.05, 3.63) is 35.9 Å². The van der Waals surface area contributed by atoms with E-state index in [1.807, 2.05) is 30.3 Å². The second kappa shape index (κ2) is 2.44. The molecule has 9 heavy (non-hydrogen) atoms. The summed E-state index contributed by atoms with van der Waals surface area (Å²) >= 11 is 0. The van der Waals surface area contributed by atoms with Crippen molar-refractivity contribution in [2.75, 3.05) is 0 Å². The molecule has 0 aliphatic rings. The summed E-state index contributed by atoms with van der Waals surface area (Å²) in [6.07, 6.45) is 0. The summed E-state index contributed by atoms with van der Waals surface area (Å²) in [5.74, 6) is 0.121. The topological polar surface area (TPSA) is 17.1 Å². The van der Waals surface area contributed by atoms with Gasteiger partial charge in [0.1, 0.15) is 0 Å². The minimum Gasteiger partial charge on any atom is -0.295 e. The number of hydrogen-bond acceptors (Lipinski definition) is 1. The van der Waals surface area contributed by atoms with Crippen molar-refractivity contribution in [2.45, 2.75) is 6.92 Å². The highest BCUT2D eigenvalue weighted by atomic mass is 16.3. The smallest absolute Gasteiger partial charge is 0.159 e. The molecule has 0 N–H and O–H groups in total. The monoisotopic (exact) mass is 122 g/mol. The van der Waals surface area contributed by atoms with Crippen LogP contribution in [0.3, 0.4) is 0 Å². The van der Waals surface area contributed by atoms with E-state index in [1.54, 1.807) is 6.92 Å². The molecular formula is C8H8O. The van der Waals surface area contributed by atoms with Crippen molar-refractivity contribution in [1.29, 1.82) is 0 Å². The maximum absolute atomic E-state index is 10.6. The third-order valence-electron chi connectivity index (χ3n) is 1.18. The fourth-order valence-electron chi connectivity index (χ4n) is 0.673. The average Bonchev–Trinajstić information content (AvgIpc) is 1.90. The Bertz CT molecular complexity index is 201. The number of benzene rings is 1. The zero-order valence-corrected chi connectivity index (χ0v) is 5.29. The first-order valence-electron chi connectivity index (χ1n) is 2.86. The lowest BCUT2D eigenvalue weighted by Crippen LogP contribution is -1.88. The van der Waals surface area contributed by atoms with E-state index in [-0.39, 0.29) is 5.78 Å². The first kappa shape index (κ1) is 6.02. The maximum Gasteiger partial charge on any atom is 0.159 e. The standard InChI is InChI=1S/C8H8O/c1-7(9)8-5-3-2-4-6-8/h2-6H,1H3/i7+2. The van der Waals surface area contributed by atoms with Crippen LogP contribution in [-0.2, 0) is 0 Å². The van der Waals surface area contributed by atoms with Crippen molar-refractivity contribution < 1.29 is 4.79 Å². The Labute approximate surface area is 54.3 Å². The van der Waals surface area contributed by atoms with Crippen molar-refractivity contribution in [3.63, 3.8) is 0 Å². The van der Waals surface area contributed by atoms with Gasteiger partial charge in [0.15, 0.2) is 5.78 Å². The number of ketones is 1. The van der Waals surface area contributed by atoms with Gasteiger partial charge < -0.3 is 0 Å². The Morgan fingerprint density at radius 1 is 1.22 bits per heavy atom. The van der Waals surface area contributed by atoms with Crippen LogP contribution in [0, 0.1) is 0 Å². The molecular weight excluding hydrogens is 114 g/mol. The minimum atomic E-state index is 0.121. The van der Waals surface area contributed by atoms with Crippen LogP contribution < -0.4 is 0 Å². The van der Waals surface area contributed by atoms with Gasteiger partial charge >= 0.3 is 0 Å². The van der Waals surface area contributed by atoms with Gasteiger partial charge in [0.2, 0.25) is 0 Å². The third kappa shape index (κ3) is 1.39. The molecule has 1 aromatic rings. The molecule has 0 bridgehead atoms. The molecule has 0 heterocycles. The van der Waals surface area contributed by atoms with Crippen LogP contribution in [0.25, 0.3) is 0 Å². The summed E-state index contributed by atoms with van der Waals surface area (Å²) < 4.78 is 0. The fraction of sp³-hybridized carbons (Fsp3) is 0.125. The van der Waals surface area contributed by atoms with E-state index in [1.165, 1.54) is 0 Å². The van der Waals surface area contributed by atoms with Gasteiger partial charge in [-0.05, 0) is 6.92 Å². The molecule has 0 spiro atoms. The van der Waals surface area contributed by atoms with Gasteiger partial charge in [0.25, 0.3) is 0 Å². The molecule has 0 aromatic heterocycles. The Morgan fingerprint density at radius 2 is 1.78 bits per heavy atom. The predicted molar refractivity (Wildman–Crippen MR) is 36.4 cm³/mol. The summed E-state index contributed by atoms with van der Waals surface area (Å²) in [7, 11) is 0. The van der Waals surface area contributed by atoms with Gasteiger partial charge in [-0.15, -0.1) is 0 Å². The SMILES string of the molecule is C[14C](=O)c1ccccc1. The number of carbonyl (C=O) groups excluding carboxylic acids is 1. The lowest BCUT2D eigenvalue weighted by atomic mass is 10.3. The number of carbonyl (C=O) groups is 1. The van der Waals surface area contributed by atoms with Gasteiger partial charge in [0.05, 0.1) is 0 Å². The van der Waals surface area contributed by atoms with E-state index in [0.717, 1.165) is 5.56 Å². The van der Waals surface area contributed by atoms with Crippen LogP contribution in [0.1, 0.15) is 17.3 Å². The largest absolute Gasteiger partial charge is 0.295 e. The lowest BCUT2D eigenvalue weighted by Gasteiger charge is -1.89. The molecule has 0 radical (unpaired) electrons. The summed E-state index contributed by atoms with van der Waals surface area (Å²) in [4.78, 5) is 10.6. The molecule has 46 valence electrons. The zero-order chi connectivity index (χ0) is 6.69. The third-order valence-corrected chi connectivity index (χ3v) is 1.18. The number of rotatable bonds is 1. The summed E-state index contributed by atoms with van der Waals surface area (Å²) in [6, 6.07) is 9.23. The van der Waals surface area contributed by atoms with Crippen LogP contribution in [0.4, 0.5) is 0 Å². The van der Waals surface area contributed by atoms with Crippen LogP contribution in [-0.4, -0.2) is 5.78 Å². The molecule has 0 atom stereocenters. The maximum atomic E-state index is 10.6. The van der Waals surface area contributed by atoms with E-state index in [9.17, 15) is 4.79 Å². The summed E-state index contributed by atoms with van der Waals surface area (Å²) in [5, 5.41) is 0. The summed E-state index contributed by atoms with van der Waals surface area (Å²) in [6.45, 7) is 1.56. The molecule has 1 heteroatoms. The molecule has 0 saturated carbocycles. The molecule has 0 aliphatic carbocycles. The van der Waals surface area contributed by atoms with Crippen LogP contribution in [0.5, 0.6) is 0 Å². The van der Waals surface area contributed by atoms with E-state index in [0.29, 0.717) is 0 Å². The summed E-state index contributed by atoms with van der Waals surface area (Å²) in [5.41, 5.74) is 0.775.